The lowest BCUT2D eigenvalue weighted by Crippen LogP contribution is -2.46. The molecule has 1 aromatic heterocycles. The molecule has 170 valence electrons. The van der Waals surface area contributed by atoms with E-state index in [1.54, 1.807) is 0 Å². The van der Waals surface area contributed by atoms with Gasteiger partial charge in [-0.05, 0) is 0 Å². The summed E-state index contributed by atoms with van der Waals surface area (Å²) in [7, 11) is 0. The number of carboxylic acid groups (broad SMARTS) is 2. The number of nitrogens with one attached hydrogen (secondary N) is 4. The molecule has 1 rings (SSSR count). The normalized spacial score (nSPS) is 11.1. The Morgan fingerprint density at radius 3 is 1.94 bits per heavy atom. The Hall–Kier alpha value is -4.01. The highest BCUT2D eigenvalue weighted by Crippen LogP contribution is 2.00. The van der Waals surface area contributed by atoms with Crippen molar-refractivity contribution in [3.8, 4) is 0 Å². The fourth-order valence-corrected chi connectivity index (χ4v) is 2.09. The van der Waals surface area contributed by atoms with Gasteiger partial charge in [-0.25, -0.2) is 4.98 Å². The Labute approximate surface area is 175 Å². The minimum Gasteiger partial charge on any atom is -0.480 e. The van der Waals surface area contributed by atoms with Gasteiger partial charge in [0.2, 0.25) is 23.6 Å². The smallest absolute Gasteiger partial charge is 0.322 e. The maximum atomic E-state index is 11.9. The van der Waals surface area contributed by atoms with E-state index in [9.17, 15) is 28.8 Å². The topological polar surface area (TPSA) is 235 Å². The Morgan fingerprint density at radius 1 is 0.871 bits per heavy atom. The highest BCUT2D eigenvalue weighted by Gasteiger charge is 2.17. The van der Waals surface area contributed by atoms with E-state index in [0.717, 1.165) is 0 Å². The van der Waals surface area contributed by atoms with Crippen LogP contribution in [0.25, 0.3) is 0 Å². The fraction of sp³-hybridized carbons (Fsp3) is 0.438. The first kappa shape index (κ1) is 25.0. The van der Waals surface area contributed by atoms with Crippen LogP contribution >= 0.6 is 0 Å². The quantitative estimate of drug-likeness (QED) is 0.155. The van der Waals surface area contributed by atoms with Crippen molar-refractivity contribution in [2.45, 2.75) is 19.0 Å². The van der Waals surface area contributed by atoms with Gasteiger partial charge in [0.1, 0.15) is 19.6 Å². The minimum atomic E-state index is -1.22. The van der Waals surface area contributed by atoms with Crippen molar-refractivity contribution >= 4 is 35.6 Å². The van der Waals surface area contributed by atoms with Gasteiger partial charge in [-0.15, -0.1) is 0 Å². The minimum absolute atomic E-state index is 0.00872. The number of amides is 4. The first-order chi connectivity index (χ1) is 14.6. The van der Waals surface area contributed by atoms with E-state index < -0.39 is 67.8 Å². The van der Waals surface area contributed by atoms with Gasteiger partial charge < -0.3 is 41.8 Å². The summed E-state index contributed by atoms with van der Waals surface area (Å²) >= 11 is 0. The van der Waals surface area contributed by atoms with Crippen LogP contribution in [-0.4, -0.2) is 87.6 Å². The molecule has 0 aliphatic heterocycles. The van der Waals surface area contributed by atoms with Crippen molar-refractivity contribution < 1.29 is 39.0 Å². The largest absolute Gasteiger partial charge is 0.480 e. The van der Waals surface area contributed by atoms with Gasteiger partial charge in [-0.3, -0.25) is 28.8 Å². The van der Waals surface area contributed by atoms with Crippen LogP contribution in [0.4, 0.5) is 0 Å². The predicted molar refractivity (Wildman–Crippen MR) is 101 cm³/mol. The van der Waals surface area contributed by atoms with Crippen LogP contribution in [0.2, 0.25) is 0 Å². The number of nitrogens with two attached hydrogens (primary N) is 1. The number of imidazole rings is 1. The monoisotopic (exact) mass is 441 g/mol. The average molecular weight is 441 g/mol. The number of carbonyl (C=O) groups excluding carboxylic acids is 4. The molecule has 1 unspecified atom stereocenters. The molecule has 0 saturated heterocycles. The molecule has 0 bridgehead atoms. The summed E-state index contributed by atoms with van der Waals surface area (Å²) in [4.78, 5) is 71.1. The highest BCUT2D eigenvalue weighted by molar-refractivity contribution is 5.88. The Kier molecular flexibility index (Phi) is 10.1. The molecule has 0 fully saturated rings. The van der Waals surface area contributed by atoms with Gasteiger partial charge in [0.05, 0.1) is 31.2 Å². The van der Waals surface area contributed by atoms with Gasteiger partial charge in [0.15, 0.2) is 0 Å². The highest BCUT2D eigenvalue weighted by atomic mass is 16.4. The predicted octanol–water partition coefficient (Wildman–Crippen LogP) is -4.61. The summed E-state index contributed by atoms with van der Waals surface area (Å²) < 4.78 is 1.39. The van der Waals surface area contributed by atoms with Crippen LogP contribution in [0.15, 0.2) is 12.5 Å². The fourth-order valence-electron chi connectivity index (χ4n) is 2.09. The zero-order valence-electron chi connectivity index (χ0n) is 16.3. The lowest BCUT2D eigenvalue weighted by molar-refractivity contribution is -0.138. The summed E-state index contributed by atoms with van der Waals surface area (Å²) in [5, 5.41) is 25.6. The molecule has 0 spiro atoms. The Balaban J connectivity index is 2.37. The van der Waals surface area contributed by atoms with E-state index in [2.05, 4.69) is 26.3 Å². The second-order valence-electron chi connectivity index (χ2n) is 6.18. The number of hydrogen-bond acceptors (Lipinski definition) is 8. The van der Waals surface area contributed by atoms with Gasteiger partial charge >= 0.3 is 11.9 Å². The molecule has 15 nitrogen and oxygen atoms in total. The van der Waals surface area contributed by atoms with Crippen LogP contribution in [0, 0.1) is 0 Å². The molecule has 0 aromatic carbocycles. The van der Waals surface area contributed by atoms with E-state index in [-0.39, 0.29) is 13.0 Å². The van der Waals surface area contributed by atoms with E-state index in [4.69, 9.17) is 15.9 Å². The molecule has 0 radical (unpaired) electrons. The third-order valence-corrected chi connectivity index (χ3v) is 3.52. The first-order valence-corrected chi connectivity index (χ1v) is 8.84. The summed E-state index contributed by atoms with van der Waals surface area (Å²) in [5.41, 5.74) is 6.14. The summed E-state index contributed by atoms with van der Waals surface area (Å²) in [6, 6.07) is -1.04. The number of carbonyl (C=O) groups is 6. The molecular weight excluding hydrogens is 418 g/mol. The molecule has 31 heavy (non-hydrogen) atoms. The molecule has 1 aromatic rings. The van der Waals surface area contributed by atoms with E-state index in [0.29, 0.717) is 5.69 Å². The van der Waals surface area contributed by atoms with Gasteiger partial charge in [-0.1, -0.05) is 0 Å². The number of carboxylic acids is 2. The molecule has 4 amide bonds. The van der Waals surface area contributed by atoms with Gasteiger partial charge in [0.25, 0.3) is 0 Å². The lowest BCUT2D eigenvalue weighted by Gasteiger charge is -2.10. The number of aromatic nitrogens is 2. The molecule has 0 aliphatic carbocycles. The van der Waals surface area contributed by atoms with Crippen molar-refractivity contribution in [1.29, 1.82) is 0 Å². The van der Waals surface area contributed by atoms with Crippen molar-refractivity contribution in [1.82, 2.24) is 30.8 Å². The second kappa shape index (κ2) is 12.5. The van der Waals surface area contributed by atoms with Gasteiger partial charge in [0, 0.05) is 12.6 Å². The zero-order valence-corrected chi connectivity index (χ0v) is 16.3. The second-order valence-corrected chi connectivity index (χ2v) is 6.18. The maximum absolute atomic E-state index is 11.9. The van der Waals surface area contributed by atoms with Gasteiger partial charge in [-0.2, -0.15) is 0 Å². The van der Waals surface area contributed by atoms with Crippen molar-refractivity contribution in [3.05, 3.63) is 18.2 Å². The van der Waals surface area contributed by atoms with Crippen LogP contribution < -0.4 is 27.0 Å². The maximum Gasteiger partial charge on any atom is 0.322 e. The van der Waals surface area contributed by atoms with Crippen LogP contribution in [0.3, 0.4) is 0 Å². The summed E-state index contributed by atoms with van der Waals surface area (Å²) in [6.45, 7) is -2.13. The van der Waals surface area contributed by atoms with Crippen LogP contribution in [0.5, 0.6) is 0 Å². The van der Waals surface area contributed by atoms with E-state index in [1.807, 2.05) is 0 Å². The number of aliphatic carboxylic acids is 2. The van der Waals surface area contributed by atoms with Crippen molar-refractivity contribution in [3.63, 3.8) is 0 Å². The lowest BCUT2D eigenvalue weighted by atomic mass is 10.1. The zero-order chi connectivity index (χ0) is 23.4. The standard InChI is InChI=1S/C16H23N7O8/c17-10(16(31)21-3-12(25)20-5-15(29)30)1-9-6-23(8-22-9)7-13(26)18-2-11(24)19-4-14(27)28/h6,8,10H,1-5,7,17H2,(H,18,26)(H,19,24)(H,20,25)(H,21,31)(H,27,28)(H,29,30). The number of rotatable bonds is 13. The number of hydrogen-bond donors (Lipinski definition) is 7. The average Bonchev–Trinajstić information content (AvgIpc) is 3.13. The van der Waals surface area contributed by atoms with Crippen molar-refractivity contribution in [2.24, 2.45) is 5.73 Å². The van der Waals surface area contributed by atoms with E-state index in [1.165, 1.54) is 17.1 Å². The molecule has 1 atom stereocenters. The summed E-state index contributed by atoms with van der Waals surface area (Å²) in [5.74, 6) is -4.94. The third kappa shape index (κ3) is 10.9. The molecule has 15 heteroatoms. The molecule has 1 heterocycles. The molecule has 0 saturated carbocycles. The SMILES string of the molecule is NC(Cc1cn(CC(=O)NCC(=O)NCC(=O)O)cn1)C(=O)NCC(=O)NCC(=O)O. The summed E-state index contributed by atoms with van der Waals surface area (Å²) in [6.07, 6.45) is 2.80. The Morgan fingerprint density at radius 2 is 1.39 bits per heavy atom. The van der Waals surface area contributed by atoms with Crippen LogP contribution in [-0.2, 0) is 41.7 Å². The van der Waals surface area contributed by atoms with Crippen molar-refractivity contribution in [2.75, 3.05) is 26.2 Å². The van der Waals surface area contributed by atoms with E-state index >= 15 is 0 Å². The Bertz CT molecular complexity index is 838. The molecular formula is C16H23N7O8. The van der Waals surface area contributed by atoms with Crippen LogP contribution in [0.1, 0.15) is 5.69 Å². The molecule has 0 aliphatic rings. The number of nitrogens with zero attached hydrogens (tertiary/aromatic N) is 2. The third-order valence-electron chi connectivity index (χ3n) is 3.52. The molecule has 8 N–H and O–H groups in total. The first-order valence-electron chi connectivity index (χ1n) is 8.84.